The van der Waals surface area contributed by atoms with Crippen LogP contribution < -0.4 is 17.0 Å². The number of ketones is 1. The first kappa shape index (κ1) is 17.9. The standard InChI is InChI=1S/C18H28N4O3/c1-11(22-9-8-12-6-4-5-7-13(12)10-22)15(23)14-16(19)20(2)18(25)21(3)17(14)24/h11-13H,4-10,19H2,1-3H3/t11-,12+,13-/m1/s1. The number of aromatic nitrogens is 2. The maximum atomic E-state index is 13.0. The van der Waals surface area contributed by atoms with Crippen molar-refractivity contribution in [2.75, 3.05) is 18.8 Å². The molecule has 7 nitrogen and oxygen atoms in total. The molecule has 0 unspecified atom stereocenters. The van der Waals surface area contributed by atoms with E-state index in [1.807, 2.05) is 6.92 Å². The Kier molecular flexibility index (Phi) is 4.86. The van der Waals surface area contributed by atoms with Crippen LogP contribution in [0.2, 0.25) is 0 Å². The van der Waals surface area contributed by atoms with Crippen molar-refractivity contribution in [2.24, 2.45) is 25.9 Å². The molecule has 2 N–H and O–H groups in total. The molecular formula is C18H28N4O3. The van der Waals surface area contributed by atoms with Gasteiger partial charge >= 0.3 is 5.69 Å². The average molecular weight is 348 g/mol. The number of likely N-dealkylation sites (tertiary alicyclic amines) is 1. The molecule has 1 aromatic heterocycles. The minimum atomic E-state index is -0.606. The summed E-state index contributed by atoms with van der Waals surface area (Å²) in [4.78, 5) is 39.6. The second kappa shape index (κ2) is 6.78. The molecule has 3 atom stereocenters. The van der Waals surface area contributed by atoms with E-state index in [-0.39, 0.29) is 17.2 Å². The Morgan fingerprint density at radius 1 is 1.08 bits per heavy atom. The predicted octanol–water partition coefficient (Wildman–Crippen LogP) is 0.749. The fourth-order valence-electron chi connectivity index (χ4n) is 4.45. The normalized spacial score (nSPS) is 25.4. The summed E-state index contributed by atoms with van der Waals surface area (Å²) in [5, 5.41) is 0. The van der Waals surface area contributed by atoms with Gasteiger partial charge in [-0.25, -0.2) is 4.79 Å². The Hall–Kier alpha value is -1.89. The second-order valence-electron chi connectivity index (χ2n) is 7.59. The zero-order valence-corrected chi connectivity index (χ0v) is 15.3. The number of hydrogen-bond donors (Lipinski definition) is 1. The molecule has 0 spiro atoms. The van der Waals surface area contributed by atoms with Crippen LogP contribution in [0.5, 0.6) is 0 Å². The summed E-state index contributed by atoms with van der Waals surface area (Å²) in [5.74, 6) is 1.10. The van der Waals surface area contributed by atoms with Gasteiger partial charge in [0.25, 0.3) is 5.56 Å². The fraction of sp³-hybridized carbons (Fsp3) is 0.722. The molecule has 2 heterocycles. The van der Waals surface area contributed by atoms with E-state index in [1.54, 1.807) is 0 Å². The summed E-state index contributed by atoms with van der Waals surface area (Å²) in [6.07, 6.45) is 6.23. The van der Waals surface area contributed by atoms with E-state index in [0.717, 1.165) is 34.6 Å². The number of carbonyl (C=O) groups excluding carboxylic acids is 1. The Labute approximate surface area is 147 Å². The third-order valence-corrected chi connectivity index (χ3v) is 6.21. The number of nitrogens with two attached hydrogens (primary N) is 1. The first-order valence-corrected chi connectivity index (χ1v) is 9.16. The molecule has 0 amide bonds. The van der Waals surface area contributed by atoms with E-state index in [9.17, 15) is 14.4 Å². The van der Waals surface area contributed by atoms with Crippen LogP contribution in [0.4, 0.5) is 5.82 Å². The molecule has 0 aromatic carbocycles. The number of anilines is 1. The van der Waals surface area contributed by atoms with Gasteiger partial charge in [0.15, 0.2) is 5.78 Å². The lowest BCUT2D eigenvalue weighted by Gasteiger charge is -2.43. The summed E-state index contributed by atoms with van der Waals surface area (Å²) in [5.41, 5.74) is 4.75. The molecule has 2 aliphatic rings. The maximum absolute atomic E-state index is 13.0. The van der Waals surface area contributed by atoms with Crippen molar-refractivity contribution in [1.29, 1.82) is 0 Å². The number of nitrogen functional groups attached to an aromatic ring is 1. The van der Waals surface area contributed by atoms with E-state index in [1.165, 1.54) is 39.8 Å². The summed E-state index contributed by atoms with van der Waals surface area (Å²) in [6.45, 7) is 3.62. The molecule has 7 heteroatoms. The van der Waals surface area contributed by atoms with Crippen LogP contribution in [-0.4, -0.2) is 38.9 Å². The van der Waals surface area contributed by atoms with Crippen LogP contribution >= 0.6 is 0 Å². The Bertz CT molecular complexity index is 795. The van der Waals surface area contributed by atoms with E-state index in [4.69, 9.17) is 5.73 Å². The molecule has 0 bridgehead atoms. The van der Waals surface area contributed by atoms with Gasteiger partial charge in [0, 0.05) is 20.6 Å². The highest BCUT2D eigenvalue weighted by atomic mass is 16.2. The van der Waals surface area contributed by atoms with Gasteiger partial charge in [-0.2, -0.15) is 0 Å². The van der Waals surface area contributed by atoms with Gasteiger partial charge in [0.2, 0.25) is 0 Å². The number of hydrogen-bond acceptors (Lipinski definition) is 5. The molecule has 1 saturated carbocycles. The first-order valence-electron chi connectivity index (χ1n) is 9.16. The quantitative estimate of drug-likeness (QED) is 0.814. The number of fused-ring (bicyclic) bond motifs is 1. The number of piperidine rings is 1. The number of carbonyl (C=O) groups is 1. The maximum Gasteiger partial charge on any atom is 0.332 e. The Morgan fingerprint density at radius 3 is 2.40 bits per heavy atom. The Balaban J connectivity index is 1.86. The third-order valence-electron chi connectivity index (χ3n) is 6.21. The molecule has 3 rings (SSSR count). The predicted molar refractivity (Wildman–Crippen MR) is 96.8 cm³/mol. The van der Waals surface area contributed by atoms with Crippen molar-refractivity contribution in [1.82, 2.24) is 14.0 Å². The van der Waals surface area contributed by atoms with Crippen LogP contribution in [-0.2, 0) is 14.1 Å². The molecular weight excluding hydrogens is 320 g/mol. The highest BCUT2D eigenvalue weighted by Crippen LogP contribution is 2.36. The van der Waals surface area contributed by atoms with Gasteiger partial charge < -0.3 is 5.73 Å². The number of Topliss-reactive ketones (excluding diaryl/α,β-unsaturated/α-hetero) is 1. The SMILES string of the molecule is C[C@H](C(=O)c1c(N)n(C)c(=O)n(C)c1=O)N1CC[C@@H]2CCCC[C@@H]2C1. The average Bonchev–Trinajstić information content (AvgIpc) is 2.63. The van der Waals surface area contributed by atoms with Gasteiger partial charge in [-0.3, -0.25) is 23.6 Å². The van der Waals surface area contributed by atoms with Crippen LogP contribution in [0, 0.1) is 11.8 Å². The minimum absolute atomic E-state index is 0.0440. The lowest BCUT2D eigenvalue weighted by Crippen LogP contribution is -2.50. The van der Waals surface area contributed by atoms with Gasteiger partial charge in [-0.1, -0.05) is 19.3 Å². The lowest BCUT2D eigenvalue weighted by molar-refractivity contribution is 0.0517. The van der Waals surface area contributed by atoms with Crippen molar-refractivity contribution >= 4 is 11.6 Å². The van der Waals surface area contributed by atoms with Crippen LogP contribution in [0.3, 0.4) is 0 Å². The van der Waals surface area contributed by atoms with Crippen molar-refractivity contribution in [3.05, 3.63) is 26.4 Å². The molecule has 1 aliphatic heterocycles. The molecule has 1 saturated heterocycles. The van der Waals surface area contributed by atoms with Crippen molar-refractivity contribution in [3.63, 3.8) is 0 Å². The summed E-state index contributed by atoms with van der Waals surface area (Å²) >= 11 is 0. The molecule has 0 radical (unpaired) electrons. The third kappa shape index (κ3) is 3.05. The summed E-state index contributed by atoms with van der Waals surface area (Å²) in [6, 6.07) is -0.407. The van der Waals surface area contributed by atoms with Crippen molar-refractivity contribution in [3.8, 4) is 0 Å². The molecule has 138 valence electrons. The highest BCUT2D eigenvalue weighted by Gasteiger charge is 2.36. The monoisotopic (exact) mass is 348 g/mol. The van der Waals surface area contributed by atoms with Gasteiger partial charge in [-0.05, 0) is 38.1 Å². The second-order valence-corrected chi connectivity index (χ2v) is 7.59. The zero-order valence-electron chi connectivity index (χ0n) is 15.3. The van der Waals surface area contributed by atoms with Gasteiger partial charge in [-0.15, -0.1) is 0 Å². The first-order chi connectivity index (χ1) is 11.8. The molecule has 25 heavy (non-hydrogen) atoms. The van der Waals surface area contributed by atoms with Crippen molar-refractivity contribution < 1.29 is 4.79 Å². The fourth-order valence-corrected chi connectivity index (χ4v) is 4.45. The molecule has 2 fully saturated rings. The zero-order chi connectivity index (χ0) is 18.3. The van der Waals surface area contributed by atoms with E-state index in [0.29, 0.717) is 5.92 Å². The summed E-state index contributed by atoms with van der Waals surface area (Å²) in [7, 11) is 2.85. The minimum Gasteiger partial charge on any atom is -0.384 e. The van der Waals surface area contributed by atoms with Crippen LogP contribution in [0.15, 0.2) is 9.59 Å². The van der Waals surface area contributed by atoms with E-state index >= 15 is 0 Å². The number of rotatable bonds is 3. The largest absolute Gasteiger partial charge is 0.384 e. The molecule has 1 aliphatic carbocycles. The Morgan fingerprint density at radius 2 is 1.72 bits per heavy atom. The highest BCUT2D eigenvalue weighted by molar-refractivity contribution is 6.03. The van der Waals surface area contributed by atoms with Crippen LogP contribution in [0.25, 0.3) is 0 Å². The lowest BCUT2D eigenvalue weighted by atomic mass is 9.75. The van der Waals surface area contributed by atoms with Gasteiger partial charge in [0.05, 0.1) is 6.04 Å². The van der Waals surface area contributed by atoms with Gasteiger partial charge in [0.1, 0.15) is 11.4 Å². The van der Waals surface area contributed by atoms with Crippen molar-refractivity contribution in [2.45, 2.75) is 45.1 Å². The number of nitrogens with zero attached hydrogens (tertiary/aromatic N) is 3. The molecule has 1 aromatic rings. The smallest absolute Gasteiger partial charge is 0.332 e. The summed E-state index contributed by atoms with van der Waals surface area (Å²) < 4.78 is 2.11. The van der Waals surface area contributed by atoms with Crippen LogP contribution in [0.1, 0.15) is 49.4 Å². The van der Waals surface area contributed by atoms with E-state index in [2.05, 4.69) is 4.90 Å². The van der Waals surface area contributed by atoms with E-state index < -0.39 is 17.3 Å². The topological polar surface area (TPSA) is 90.3 Å².